The van der Waals surface area contributed by atoms with Crippen LogP contribution < -0.4 is 26.0 Å². The fraction of sp³-hybridized carbons (Fsp3) is 0.605. The molecule has 292 valence electrons. The molecule has 2 aliphatic carbocycles. The first kappa shape index (κ1) is 40.5. The molecule has 0 bridgehead atoms. The number of likely N-dealkylation sites (tertiary alicyclic amines) is 1. The van der Waals surface area contributed by atoms with Gasteiger partial charge in [0.15, 0.2) is 0 Å². The normalized spacial score (nSPS) is 20.6. The van der Waals surface area contributed by atoms with Crippen LogP contribution in [0.2, 0.25) is 5.15 Å². The average Bonchev–Trinajstić information content (AvgIpc) is 3.87. The van der Waals surface area contributed by atoms with Crippen LogP contribution in [0, 0.1) is 11.3 Å². The SMILES string of the molecule is CCC[C@H](NC(=O)[C@@H]1C[C@@H](Oc2cccc(Cl)n2)CN1C(=O)[C@@H](NC(=O)[C@@H](NC(=O)c1cnccn1)C1CCCCC1)C(C)(C)C)C(=O)C(=O)NC1CC1. The van der Waals surface area contributed by atoms with Gasteiger partial charge in [0.2, 0.25) is 29.4 Å². The van der Waals surface area contributed by atoms with Crippen LogP contribution in [0.4, 0.5) is 0 Å². The molecule has 2 aromatic heterocycles. The van der Waals surface area contributed by atoms with Gasteiger partial charge in [-0.3, -0.25) is 33.8 Å². The van der Waals surface area contributed by atoms with E-state index in [1.807, 2.05) is 6.92 Å². The summed E-state index contributed by atoms with van der Waals surface area (Å²) in [6.45, 7) is 7.19. The Hall–Kier alpha value is -4.66. The predicted octanol–water partition coefficient (Wildman–Crippen LogP) is 2.92. The zero-order valence-corrected chi connectivity index (χ0v) is 32.1. The van der Waals surface area contributed by atoms with Crippen molar-refractivity contribution in [3.8, 4) is 5.88 Å². The molecule has 5 amide bonds. The number of carbonyl (C=O) groups excluding carboxylic acids is 6. The summed E-state index contributed by atoms with van der Waals surface area (Å²) in [5, 5.41) is 11.4. The number of rotatable bonds is 15. The monoisotopic (exact) mass is 766 g/mol. The number of ketones is 1. The second kappa shape index (κ2) is 18.1. The largest absolute Gasteiger partial charge is 0.472 e. The number of nitrogens with one attached hydrogen (secondary N) is 4. The van der Waals surface area contributed by atoms with Gasteiger partial charge in [-0.2, -0.15) is 0 Å². The summed E-state index contributed by atoms with van der Waals surface area (Å²) in [5.41, 5.74) is -0.792. The molecule has 0 aromatic carbocycles. The van der Waals surface area contributed by atoms with Crippen molar-refractivity contribution in [1.82, 2.24) is 41.1 Å². The fourth-order valence-corrected chi connectivity index (χ4v) is 7.17. The number of pyridine rings is 1. The van der Waals surface area contributed by atoms with Gasteiger partial charge in [0.25, 0.3) is 11.8 Å². The van der Waals surface area contributed by atoms with Crippen LogP contribution in [0.3, 0.4) is 0 Å². The molecule has 5 atom stereocenters. The maximum absolute atomic E-state index is 14.7. The summed E-state index contributed by atoms with van der Waals surface area (Å²) in [4.78, 5) is 95.8. The Bertz CT molecular complexity index is 1680. The van der Waals surface area contributed by atoms with Crippen molar-refractivity contribution in [2.75, 3.05) is 6.54 Å². The van der Waals surface area contributed by atoms with Crippen molar-refractivity contribution < 1.29 is 33.5 Å². The van der Waals surface area contributed by atoms with Gasteiger partial charge in [-0.05, 0) is 49.5 Å². The Kier molecular flexibility index (Phi) is 13.6. The van der Waals surface area contributed by atoms with Crippen LogP contribution in [0.25, 0.3) is 0 Å². The maximum atomic E-state index is 14.7. The van der Waals surface area contributed by atoms with Crippen LogP contribution in [-0.2, 0) is 24.0 Å². The number of ether oxygens (including phenoxy) is 1. The molecule has 1 aliphatic heterocycles. The number of aromatic nitrogens is 3. The van der Waals surface area contributed by atoms with E-state index < -0.39 is 71.0 Å². The van der Waals surface area contributed by atoms with Crippen molar-refractivity contribution in [2.45, 2.75) is 128 Å². The van der Waals surface area contributed by atoms with Gasteiger partial charge in [-0.1, -0.05) is 71.0 Å². The molecule has 0 radical (unpaired) electrons. The molecule has 54 heavy (non-hydrogen) atoms. The van der Waals surface area contributed by atoms with E-state index in [1.54, 1.807) is 39.0 Å². The fourth-order valence-electron chi connectivity index (χ4n) is 7.01. The molecule has 15 nitrogen and oxygen atoms in total. The van der Waals surface area contributed by atoms with Crippen molar-refractivity contribution in [1.29, 1.82) is 0 Å². The average molecular weight is 767 g/mol. The Morgan fingerprint density at radius 3 is 2.35 bits per heavy atom. The molecule has 0 spiro atoms. The molecule has 16 heteroatoms. The molecule has 3 heterocycles. The number of amides is 5. The highest BCUT2D eigenvalue weighted by Crippen LogP contribution is 2.31. The standard InChI is InChI=1S/C38H51ClN8O7/c1-5-10-25(31(48)36(52)42-23-15-16-23)43-34(50)27-19-24(54-29-14-9-13-28(39)44-29)21-47(27)37(53)32(38(2,3)4)46-35(51)30(22-11-7-6-8-12-22)45-33(49)26-20-40-17-18-41-26/h9,13-14,17-18,20,22-25,27,30,32H,5-8,10-12,15-16,19,21H2,1-4H3,(H,42,52)(H,43,50)(H,45,49)(H,46,51)/t24-,25+,27+,30+,32-/m1/s1. The van der Waals surface area contributed by atoms with Gasteiger partial charge in [-0.15, -0.1) is 0 Å². The van der Waals surface area contributed by atoms with E-state index in [9.17, 15) is 28.8 Å². The molecule has 4 N–H and O–H groups in total. The zero-order valence-electron chi connectivity index (χ0n) is 31.3. The minimum atomic E-state index is -1.14. The van der Waals surface area contributed by atoms with E-state index >= 15 is 0 Å². The first-order chi connectivity index (χ1) is 25.7. The molecular formula is C38H51ClN8O7. The second-order valence-corrected chi connectivity index (χ2v) is 15.9. The second-order valence-electron chi connectivity index (χ2n) is 15.5. The smallest absolute Gasteiger partial charge is 0.289 e. The predicted molar refractivity (Wildman–Crippen MR) is 198 cm³/mol. The van der Waals surface area contributed by atoms with Gasteiger partial charge in [0, 0.05) is 30.9 Å². The number of hydrogen-bond donors (Lipinski definition) is 4. The van der Waals surface area contributed by atoms with Crippen molar-refractivity contribution in [3.05, 3.63) is 47.6 Å². The van der Waals surface area contributed by atoms with Crippen LogP contribution in [-0.4, -0.2) is 98.0 Å². The highest BCUT2D eigenvalue weighted by molar-refractivity contribution is 6.38. The van der Waals surface area contributed by atoms with Crippen molar-refractivity contribution >= 4 is 46.9 Å². The molecule has 2 saturated carbocycles. The van der Waals surface area contributed by atoms with E-state index in [0.717, 1.165) is 32.1 Å². The Morgan fingerprint density at radius 2 is 1.72 bits per heavy atom. The Labute approximate surface area is 320 Å². The van der Waals surface area contributed by atoms with Gasteiger partial charge < -0.3 is 30.9 Å². The molecule has 3 fully saturated rings. The zero-order chi connectivity index (χ0) is 39.0. The molecule has 2 aromatic rings. The van der Waals surface area contributed by atoms with Gasteiger partial charge >= 0.3 is 0 Å². The summed E-state index contributed by atoms with van der Waals surface area (Å²) in [5.74, 6) is -3.73. The minimum Gasteiger partial charge on any atom is -0.472 e. The number of halogens is 1. The van der Waals surface area contributed by atoms with Crippen LogP contribution >= 0.6 is 11.6 Å². The first-order valence-corrected chi connectivity index (χ1v) is 19.2. The third-order valence-corrected chi connectivity index (χ3v) is 10.3. The van der Waals surface area contributed by atoms with E-state index in [1.165, 1.54) is 23.5 Å². The minimum absolute atomic E-state index is 0.0384. The lowest BCUT2D eigenvalue weighted by Crippen LogP contribution is -2.62. The molecule has 5 rings (SSSR count). The summed E-state index contributed by atoms with van der Waals surface area (Å²) in [7, 11) is 0. The molecule has 0 unspecified atom stereocenters. The first-order valence-electron chi connectivity index (χ1n) is 18.9. The summed E-state index contributed by atoms with van der Waals surface area (Å²) < 4.78 is 6.11. The number of carbonyl (C=O) groups is 6. The topological polar surface area (TPSA) is 202 Å². The maximum Gasteiger partial charge on any atom is 0.289 e. The highest BCUT2D eigenvalue weighted by atomic mass is 35.5. The third kappa shape index (κ3) is 10.7. The Morgan fingerprint density at radius 1 is 0.981 bits per heavy atom. The van der Waals surface area contributed by atoms with E-state index in [2.05, 4.69) is 36.2 Å². The van der Waals surface area contributed by atoms with Gasteiger partial charge in [0.1, 0.15) is 35.1 Å². The lowest BCUT2D eigenvalue weighted by molar-refractivity contribution is -0.145. The van der Waals surface area contributed by atoms with E-state index in [4.69, 9.17) is 16.3 Å². The number of hydrogen-bond acceptors (Lipinski definition) is 10. The summed E-state index contributed by atoms with van der Waals surface area (Å²) >= 11 is 6.10. The van der Waals surface area contributed by atoms with Gasteiger partial charge in [-0.25, -0.2) is 9.97 Å². The van der Waals surface area contributed by atoms with Crippen LogP contribution in [0.5, 0.6) is 5.88 Å². The quantitative estimate of drug-likeness (QED) is 0.154. The van der Waals surface area contributed by atoms with Crippen LogP contribution in [0.1, 0.15) is 102 Å². The molecule has 1 saturated heterocycles. The summed E-state index contributed by atoms with van der Waals surface area (Å²) in [6.07, 6.45) is 10.1. The highest BCUT2D eigenvalue weighted by Gasteiger charge is 2.47. The van der Waals surface area contributed by atoms with Crippen molar-refractivity contribution in [3.63, 3.8) is 0 Å². The molecule has 3 aliphatic rings. The third-order valence-electron chi connectivity index (χ3n) is 10.1. The van der Waals surface area contributed by atoms with Crippen LogP contribution in [0.15, 0.2) is 36.8 Å². The number of nitrogens with zero attached hydrogens (tertiary/aromatic N) is 4. The van der Waals surface area contributed by atoms with Gasteiger partial charge in [0.05, 0.1) is 18.8 Å². The number of Topliss-reactive ketones (excluding diaryl/α,β-unsaturated/α-hetero) is 1. The Balaban J connectivity index is 1.40. The summed E-state index contributed by atoms with van der Waals surface area (Å²) in [6, 6.07) is 0.515. The lowest BCUT2D eigenvalue weighted by atomic mass is 9.82. The van der Waals surface area contributed by atoms with E-state index in [-0.39, 0.29) is 48.1 Å². The van der Waals surface area contributed by atoms with E-state index in [0.29, 0.717) is 19.3 Å². The lowest BCUT2D eigenvalue weighted by Gasteiger charge is -2.37. The van der Waals surface area contributed by atoms with Crippen molar-refractivity contribution in [2.24, 2.45) is 11.3 Å². The molecular weight excluding hydrogens is 716 g/mol.